The number of nitrogens with zero attached hydrogens (tertiary/aromatic N) is 1. The number of carbonyl (C=O) groups excluding carboxylic acids is 4. The maximum Gasteiger partial charge on any atom is 0.323 e. The van der Waals surface area contributed by atoms with E-state index in [4.69, 9.17) is 0 Å². The van der Waals surface area contributed by atoms with E-state index in [9.17, 15) is 19.2 Å². The third-order valence-electron chi connectivity index (χ3n) is 4.13. The van der Waals surface area contributed by atoms with Gasteiger partial charge in [-0.05, 0) is 50.2 Å². The normalized spacial score (nSPS) is 12.8. The molecule has 8 heteroatoms. The Hall–Kier alpha value is -3.68. The van der Waals surface area contributed by atoms with Gasteiger partial charge in [-0.2, -0.15) is 0 Å². The van der Waals surface area contributed by atoms with Crippen LogP contribution in [0.1, 0.15) is 41.5 Å². The Balaban J connectivity index is 1.72. The van der Waals surface area contributed by atoms with Crippen molar-refractivity contribution in [2.75, 3.05) is 16.0 Å². The second kappa shape index (κ2) is 7.51. The molecule has 0 saturated carbocycles. The lowest BCUT2D eigenvalue weighted by atomic mass is 10.1. The Kier molecular flexibility index (Phi) is 5.12. The number of benzene rings is 2. The fourth-order valence-electron chi connectivity index (χ4n) is 2.98. The van der Waals surface area contributed by atoms with Gasteiger partial charge in [-0.3, -0.25) is 19.3 Å². The Morgan fingerprint density at radius 1 is 0.821 bits per heavy atom. The first-order valence-electron chi connectivity index (χ1n) is 8.74. The topological polar surface area (TPSA) is 108 Å². The molecule has 0 aliphatic carbocycles. The van der Waals surface area contributed by atoms with Crippen molar-refractivity contribution < 1.29 is 19.2 Å². The van der Waals surface area contributed by atoms with Crippen LogP contribution < -0.4 is 16.0 Å². The van der Waals surface area contributed by atoms with Gasteiger partial charge in [0, 0.05) is 30.0 Å². The predicted molar refractivity (Wildman–Crippen MR) is 105 cm³/mol. The zero-order chi connectivity index (χ0) is 20.4. The van der Waals surface area contributed by atoms with Gasteiger partial charge in [0.1, 0.15) is 0 Å². The summed E-state index contributed by atoms with van der Waals surface area (Å²) in [5, 5.41) is 7.93. The minimum absolute atomic E-state index is 0.214. The second-order valence-electron chi connectivity index (χ2n) is 6.68. The SMILES string of the molecule is CC(=O)Nc1cccc(NC(=O)Nc2ccc3c(c2)C(=O)N(C(C)C)C3=O)c1. The molecule has 1 aliphatic rings. The maximum atomic E-state index is 12.4. The van der Waals surface area contributed by atoms with Crippen LogP contribution in [-0.2, 0) is 4.79 Å². The van der Waals surface area contributed by atoms with Crippen LogP contribution in [0.5, 0.6) is 0 Å². The number of urea groups is 1. The average Bonchev–Trinajstić information content (AvgIpc) is 2.85. The van der Waals surface area contributed by atoms with Gasteiger partial charge in [0.15, 0.2) is 0 Å². The number of hydrogen-bond acceptors (Lipinski definition) is 4. The molecule has 2 aromatic rings. The number of hydrogen-bond donors (Lipinski definition) is 3. The van der Waals surface area contributed by atoms with E-state index in [-0.39, 0.29) is 29.3 Å². The van der Waals surface area contributed by atoms with Crippen molar-refractivity contribution in [3.8, 4) is 0 Å². The van der Waals surface area contributed by atoms with E-state index in [1.165, 1.54) is 24.0 Å². The smallest absolute Gasteiger partial charge is 0.323 e. The fourth-order valence-corrected chi connectivity index (χ4v) is 2.98. The average molecular weight is 380 g/mol. The summed E-state index contributed by atoms with van der Waals surface area (Å²) in [6.45, 7) is 4.93. The van der Waals surface area contributed by atoms with E-state index < -0.39 is 6.03 Å². The molecule has 2 aromatic carbocycles. The molecule has 5 amide bonds. The van der Waals surface area contributed by atoms with E-state index >= 15 is 0 Å². The Bertz CT molecular complexity index is 984. The first-order valence-corrected chi connectivity index (χ1v) is 8.74. The second-order valence-corrected chi connectivity index (χ2v) is 6.68. The van der Waals surface area contributed by atoms with Crippen LogP contribution in [0.15, 0.2) is 42.5 Å². The molecule has 144 valence electrons. The highest BCUT2D eigenvalue weighted by atomic mass is 16.2. The number of nitrogens with one attached hydrogen (secondary N) is 3. The summed E-state index contributed by atoms with van der Waals surface area (Å²) in [4.78, 5) is 49.3. The molecular formula is C20H20N4O4. The van der Waals surface area contributed by atoms with Gasteiger partial charge in [0.05, 0.1) is 11.1 Å². The van der Waals surface area contributed by atoms with Crippen LogP contribution >= 0.6 is 0 Å². The lowest BCUT2D eigenvalue weighted by molar-refractivity contribution is -0.114. The predicted octanol–water partition coefficient (Wildman–Crippen LogP) is 3.29. The molecule has 0 aromatic heterocycles. The van der Waals surface area contributed by atoms with E-state index in [0.29, 0.717) is 22.6 Å². The minimum atomic E-state index is -0.516. The van der Waals surface area contributed by atoms with E-state index in [1.54, 1.807) is 44.2 Å². The van der Waals surface area contributed by atoms with Crippen molar-refractivity contribution in [2.45, 2.75) is 26.8 Å². The Morgan fingerprint density at radius 3 is 2.00 bits per heavy atom. The molecule has 0 bridgehead atoms. The monoisotopic (exact) mass is 380 g/mol. The van der Waals surface area contributed by atoms with Crippen LogP contribution in [0.4, 0.5) is 21.9 Å². The first-order chi connectivity index (χ1) is 13.3. The number of fused-ring (bicyclic) bond motifs is 1. The van der Waals surface area contributed by atoms with Crippen LogP contribution in [0.25, 0.3) is 0 Å². The highest BCUT2D eigenvalue weighted by Gasteiger charge is 2.37. The number of rotatable bonds is 4. The third kappa shape index (κ3) is 3.85. The molecule has 0 unspecified atom stereocenters. The summed E-state index contributed by atoms with van der Waals surface area (Å²) < 4.78 is 0. The molecule has 0 spiro atoms. The molecule has 0 fully saturated rings. The van der Waals surface area contributed by atoms with Gasteiger partial charge in [-0.25, -0.2) is 4.79 Å². The van der Waals surface area contributed by atoms with Crippen LogP contribution in [0.2, 0.25) is 0 Å². The van der Waals surface area contributed by atoms with Gasteiger partial charge >= 0.3 is 6.03 Å². The molecule has 0 radical (unpaired) electrons. The Labute approximate surface area is 161 Å². The van der Waals surface area contributed by atoms with E-state index in [0.717, 1.165) is 0 Å². The molecule has 0 saturated heterocycles. The van der Waals surface area contributed by atoms with Gasteiger partial charge in [0.2, 0.25) is 5.91 Å². The number of carbonyl (C=O) groups is 4. The van der Waals surface area contributed by atoms with Gasteiger partial charge in [0.25, 0.3) is 11.8 Å². The van der Waals surface area contributed by atoms with Crippen molar-refractivity contribution in [3.63, 3.8) is 0 Å². The van der Waals surface area contributed by atoms with Crippen molar-refractivity contribution in [2.24, 2.45) is 0 Å². The first kappa shape index (κ1) is 19.1. The minimum Gasteiger partial charge on any atom is -0.326 e. The molecule has 1 aliphatic heterocycles. The van der Waals surface area contributed by atoms with E-state index in [2.05, 4.69) is 16.0 Å². The molecule has 3 N–H and O–H groups in total. The summed E-state index contributed by atoms with van der Waals surface area (Å²) >= 11 is 0. The summed E-state index contributed by atoms with van der Waals surface area (Å²) in [6.07, 6.45) is 0. The van der Waals surface area contributed by atoms with Crippen LogP contribution in [-0.4, -0.2) is 34.7 Å². The molecule has 1 heterocycles. The van der Waals surface area contributed by atoms with Gasteiger partial charge in [-0.15, -0.1) is 0 Å². The van der Waals surface area contributed by atoms with E-state index in [1.807, 2.05) is 0 Å². The summed E-state index contributed by atoms with van der Waals surface area (Å²) in [5.41, 5.74) is 2.03. The summed E-state index contributed by atoms with van der Waals surface area (Å²) in [5.74, 6) is -0.919. The highest BCUT2D eigenvalue weighted by Crippen LogP contribution is 2.27. The Morgan fingerprint density at radius 2 is 1.39 bits per heavy atom. The molecule has 8 nitrogen and oxygen atoms in total. The zero-order valence-corrected chi connectivity index (χ0v) is 15.7. The summed E-state index contributed by atoms with van der Waals surface area (Å²) in [7, 11) is 0. The van der Waals surface area contributed by atoms with Crippen molar-refractivity contribution in [3.05, 3.63) is 53.6 Å². The van der Waals surface area contributed by atoms with Gasteiger partial charge in [-0.1, -0.05) is 6.07 Å². The van der Waals surface area contributed by atoms with Crippen molar-refractivity contribution in [1.82, 2.24) is 4.90 Å². The number of imide groups is 1. The fraction of sp³-hybridized carbons (Fsp3) is 0.200. The standard InChI is InChI=1S/C20H20N4O4/c1-11(2)24-18(26)16-8-7-15(10-17(16)19(24)27)23-20(28)22-14-6-4-5-13(9-14)21-12(3)25/h4-11H,1-3H3,(H,21,25)(H2,22,23,28). The zero-order valence-electron chi connectivity index (χ0n) is 15.7. The number of amides is 5. The highest BCUT2D eigenvalue weighted by molar-refractivity contribution is 6.22. The lowest BCUT2D eigenvalue weighted by Gasteiger charge is -2.17. The third-order valence-corrected chi connectivity index (χ3v) is 4.13. The van der Waals surface area contributed by atoms with Crippen molar-refractivity contribution >= 4 is 40.8 Å². The van der Waals surface area contributed by atoms with Crippen LogP contribution in [0.3, 0.4) is 0 Å². The number of anilines is 3. The molecule has 3 rings (SSSR count). The molecule has 28 heavy (non-hydrogen) atoms. The molecular weight excluding hydrogens is 360 g/mol. The maximum absolute atomic E-state index is 12.4. The quantitative estimate of drug-likeness (QED) is 0.707. The lowest BCUT2D eigenvalue weighted by Crippen LogP contribution is -2.35. The molecule has 0 atom stereocenters. The van der Waals surface area contributed by atoms with Crippen LogP contribution in [0, 0.1) is 0 Å². The van der Waals surface area contributed by atoms with Gasteiger partial charge < -0.3 is 16.0 Å². The largest absolute Gasteiger partial charge is 0.326 e. The summed E-state index contributed by atoms with van der Waals surface area (Å²) in [6, 6.07) is 10.5. The van der Waals surface area contributed by atoms with Crippen molar-refractivity contribution in [1.29, 1.82) is 0 Å².